The van der Waals surface area contributed by atoms with E-state index in [-0.39, 0.29) is 16.9 Å². The van der Waals surface area contributed by atoms with E-state index in [0.717, 1.165) is 19.1 Å². The van der Waals surface area contributed by atoms with Gasteiger partial charge in [-0.3, -0.25) is 0 Å². The SMILES string of the molecule is CC(C)(C)[Si](C)(C)OC1(CC=O)CC=CC1.COC(CC1(O)CC=CC1)OC. The Kier molecular flexibility index (Phi) is 9.29. The van der Waals surface area contributed by atoms with Crippen molar-refractivity contribution < 1.29 is 23.8 Å². The van der Waals surface area contributed by atoms with Crippen molar-refractivity contribution in [1.29, 1.82) is 0 Å². The third kappa shape index (κ3) is 7.23. The number of carbonyl (C=O) groups is 1. The van der Waals surface area contributed by atoms with Crippen molar-refractivity contribution in [2.75, 3.05) is 14.2 Å². The maximum absolute atomic E-state index is 10.8. The minimum Gasteiger partial charge on any atom is -0.410 e. The third-order valence-electron chi connectivity index (χ3n) is 6.11. The molecule has 2 aliphatic rings. The van der Waals surface area contributed by atoms with Gasteiger partial charge in [0, 0.05) is 27.1 Å². The van der Waals surface area contributed by atoms with Crippen LogP contribution < -0.4 is 0 Å². The van der Waals surface area contributed by atoms with Crippen LogP contribution in [0.25, 0.3) is 0 Å². The second-order valence-electron chi connectivity index (χ2n) is 9.50. The lowest BCUT2D eigenvalue weighted by Crippen LogP contribution is -2.49. The lowest BCUT2D eigenvalue weighted by molar-refractivity contribution is -0.141. The van der Waals surface area contributed by atoms with E-state index < -0.39 is 13.9 Å². The van der Waals surface area contributed by atoms with Gasteiger partial charge in [-0.1, -0.05) is 45.1 Å². The first-order chi connectivity index (χ1) is 12.9. The molecule has 5 nitrogen and oxygen atoms in total. The largest absolute Gasteiger partial charge is 0.410 e. The molecule has 0 aromatic rings. The van der Waals surface area contributed by atoms with Gasteiger partial charge in [0.1, 0.15) is 6.29 Å². The molecule has 0 spiro atoms. The monoisotopic (exact) mass is 412 g/mol. The fourth-order valence-electron chi connectivity index (χ4n) is 3.25. The Labute approximate surface area is 172 Å². The van der Waals surface area contributed by atoms with Gasteiger partial charge in [-0.25, -0.2) is 0 Å². The summed E-state index contributed by atoms with van der Waals surface area (Å²) < 4.78 is 16.5. The van der Waals surface area contributed by atoms with Crippen LogP contribution in [0.1, 0.15) is 59.3 Å². The van der Waals surface area contributed by atoms with Crippen LogP contribution in [0.2, 0.25) is 18.1 Å². The maximum atomic E-state index is 10.8. The van der Waals surface area contributed by atoms with Gasteiger partial charge in [-0.15, -0.1) is 0 Å². The van der Waals surface area contributed by atoms with Crippen LogP contribution in [0.5, 0.6) is 0 Å². The van der Waals surface area contributed by atoms with E-state index >= 15 is 0 Å². The summed E-state index contributed by atoms with van der Waals surface area (Å²) >= 11 is 0. The van der Waals surface area contributed by atoms with Crippen molar-refractivity contribution in [3.63, 3.8) is 0 Å². The van der Waals surface area contributed by atoms with Crippen LogP contribution in [0.4, 0.5) is 0 Å². The molecule has 0 aromatic heterocycles. The van der Waals surface area contributed by atoms with Crippen molar-refractivity contribution in [3.8, 4) is 0 Å². The number of hydrogen-bond acceptors (Lipinski definition) is 5. The molecule has 0 bridgehead atoms. The highest BCUT2D eigenvalue weighted by molar-refractivity contribution is 6.74. The summed E-state index contributed by atoms with van der Waals surface area (Å²) in [6, 6.07) is 0. The first-order valence-electron chi connectivity index (χ1n) is 10.1. The average molecular weight is 413 g/mol. The summed E-state index contributed by atoms with van der Waals surface area (Å²) in [5.74, 6) is 0. The second kappa shape index (κ2) is 10.3. The molecular formula is C22H40O5Si. The molecule has 2 rings (SSSR count). The maximum Gasteiger partial charge on any atom is 0.192 e. The molecule has 28 heavy (non-hydrogen) atoms. The van der Waals surface area contributed by atoms with E-state index in [2.05, 4.69) is 46.0 Å². The van der Waals surface area contributed by atoms with Gasteiger partial charge in [0.05, 0.1) is 11.2 Å². The summed E-state index contributed by atoms with van der Waals surface area (Å²) in [4.78, 5) is 10.8. The Balaban J connectivity index is 0.000000292. The van der Waals surface area contributed by atoms with Crippen LogP contribution in [-0.4, -0.2) is 51.4 Å². The Hall–Kier alpha value is -0.793. The lowest BCUT2D eigenvalue weighted by atomic mass is 9.97. The summed E-state index contributed by atoms with van der Waals surface area (Å²) in [6.45, 7) is 11.2. The number of aliphatic hydroxyl groups is 1. The predicted molar refractivity (Wildman–Crippen MR) is 116 cm³/mol. The molecule has 1 N–H and O–H groups in total. The Morgan fingerprint density at radius 2 is 1.50 bits per heavy atom. The molecule has 0 saturated heterocycles. The van der Waals surface area contributed by atoms with E-state index in [1.54, 1.807) is 14.2 Å². The van der Waals surface area contributed by atoms with Crippen LogP contribution >= 0.6 is 0 Å². The van der Waals surface area contributed by atoms with E-state index in [0.29, 0.717) is 25.7 Å². The van der Waals surface area contributed by atoms with Crippen LogP contribution in [0.3, 0.4) is 0 Å². The molecule has 0 heterocycles. The zero-order valence-corrected chi connectivity index (χ0v) is 19.8. The van der Waals surface area contributed by atoms with Crippen LogP contribution in [0, 0.1) is 0 Å². The summed E-state index contributed by atoms with van der Waals surface area (Å²) in [5.41, 5.74) is -0.874. The number of hydrogen-bond donors (Lipinski definition) is 1. The third-order valence-corrected chi connectivity index (χ3v) is 10.7. The molecule has 6 heteroatoms. The number of rotatable bonds is 8. The van der Waals surface area contributed by atoms with Crippen molar-refractivity contribution in [1.82, 2.24) is 0 Å². The molecular weight excluding hydrogens is 372 g/mol. The topological polar surface area (TPSA) is 65.0 Å². The number of aldehydes is 1. The van der Waals surface area contributed by atoms with Crippen molar-refractivity contribution >= 4 is 14.6 Å². The second-order valence-corrected chi connectivity index (χ2v) is 14.2. The zero-order valence-electron chi connectivity index (χ0n) is 18.8. The number of methoxy groups -OCH3 is 2. The number of carbonyl (C=O) groups excluding carboxylic acids is 1. The Bertz CT molecular complexity index is 528. The smallest absolute Gasteiger partial charge is 0.192 e. The van der Waals surface area contributed by atoms with Crippen molar-refractivity contribution in [2.45, 2.75) is 94.9 Å². The molecule has 0 saturated carbocycles. The van der Waals surface area contributed by atoms with E-state index in [1.165, 1.54) is 0 Å². The fourth-order valence-corrected chi connectivity index (χ4v) is 4.88. The quantitative estimate of drug-likeness (QED) is 0.269. The highest BCUT2D eigenvalue weighted by atomic mass is 28.4. The van der Waals surface area contributed by atoms with Gasteiger partial charge in [0.2, 0.25) is 0 Å². The summed E-state index contributed by atoms with van der Waals surface area (Å²) in [5, 5.41) is 10.1. The number of ether oxygens (including phenoxy) is 2. The normalized spacial score (nSPS) is 20.3. The standard InChI is InChI=1S/C13H24O2Si.C9H16O3/c1-12(2,3)16(4,5)15-13(10-11-14)8-6-7-9-13;1-11-8(12-2)7-9(10)5-3-4-6-9/h6-7,11H,8-10H2,1-5H3;3-4,8,10H,5-7H2,1-2H3. The van der Waals surface area contributed by atoms with E-state index in [9.17, 15) is 9.90 Å². The van der Waals surface area contributed by atoms with E-state index in [1.807, 2.05) is 12.2 Å². The zero-order chi connectivity index (χ0) is 21.5. The van der Waals surface area contributed by atoms with Gasteiger partial charge in [-0.05, 0) is 43.8 Å². The first kappa shape index (κ1) is 25.2. The minimum atomic E-state index is -1.78. The average Bonchev–Trinajstić information content (AvgIpc) is 3.22. The van der Waals surface area contributed by atoms with Crippen molar-refractivity contribution in [2.24, 2.45) is 0 Å². The van der Waals surface area contributed by atoms with E-state index in [4.69, 9.17) is 13.9 Å². The van der Waals surface area contributed by atoms with Crippen molar-refractivity contribution in [3.05, 3.63) is 24.3 Å². The summed E-state index contributed by atoms with van der Waals surface area (Å²) in [6.07, 6.45) is 13.2. The lowest BCUT2D eigenvalue weighted by Gasteiger charge is -2.43. The van der Waals surface area contributed by atoms with Gasteiger partial charge >= 0.3 is 0 Å². The molecule has 162 valence electrons. The first-order valence-corrected chi connectivity index (χ1v) is 13.1. The van der Waals surface area contributed by atoms with Crippen LogP contribution in [-0.2, 0) is 18.7 Å². The fraction of sp³-hybridized carbons (Fsp3) is 0.773. The van der Waals surface area contributed by atoms with Gasteiger partial charge in [0.25, 0.3) is 0 Å². The summed E-state index contributed by atoms with van der Waals surface area (Å²) in [7, 11) is 1.39. The van der Waals surface area contributed by atoms with Gasteiger partial charge in [0.15, 0.2) is 14.6 Å². The Morgan fingerprint density at radius 3 is 1.89 bits per heavy atom. The highest BCUT2D eigenvalue weighted by Gasteiger charge is 2.44. The van der Waals surface area contributed by atoms with Gasteiger partial charge in [-0.2, -0.15) is 0 Å². The molecule has 0 amide bonds. The molecule has 0 fully saturated rings. The van der Waals surface area contributed by atoms with Gasteiger partial charge < -0.3 is 23.8 Å². The molecule has 0 aromatic carbocycles. The molecule has 0 radical (unpaired) electrons. The molecule has 0 aliphatic heterocycles. The predicted octanol–water partition coefficient (Wildman–Crippen LogP) is 4.76. The molecule has 0 unspecified atom stereocenters. The molecule has 0 atom stereocenters. The minimum absolute atomic E-state index is 0.200. The molecule has 2 aliphatic carbocycles. The Morgan fingerprint density at radius 1 is 1.04 bits per heavy atom. The highest BCUT2D eigenvalue weighted by Crippen LogP contribution is 2.43. The van der Waals surface area contributed by atoms with Crippen LogP contribution in [0.15, 0.2) is 24.3 Å².